The van der Waals surface area contributed by atoms with Gasteiger partial charge in [0.15, 0.2) is 5.69 Å². The zero-order chi connectivity index (χ0) is 14.0. The van der Waals surface area contributed by atoms with E-state index < -0.39 is 5.95 Å². The quantitative estimate of drug-likeness (QED) is 0.873. The van der Waals surface area contributed by atoms with Crippen LogP contribution in [0.15, 0.2) is 6.07 Å². The lowest BCUT2D eigenvalue weighted by Crippen LogP contribution is -2.46. The molecule has 5 nitrogen and oxygen atoms in total. The molecule has 0 unspecified atom stereocenters. The second-order valence-corrected chi connectivity index (χ2v) is 5.84. The Morgan fingerprint density at radius 1 is 1.40 bits per heavy atom. The summed E-state index contributed by atoms with van der Waals surface area (Å²) in [5, 5.41) is 8.69. The SMILES string of the molecule is O=C(NC1CCC2(CCCCO2)CC1)c1cc(F)[nH]n1. The van der Waals surface area contributed by atoms with Crippen LogP contribution in [-0.4, -0.2) is 34.4 Å². The number of amides is 1. The van der Waals surface area contributed by atoms with Gasteiger partial charge in [0, 0.05) is 18.7 Å². The number of halogens is 1. The molecule has 20 heavy (non-hydrogen) atoms. The molecule has 1 aliphatic heterocycles. The van der Waals surface area contributed by atoms with Gasteiger partial charge >= 0.3 is 0 Å². The van der Waals surface area contributed by atoms with Gasteiger partial charge in [-0.15, -0.1) is 0 Å². The van der Waals surface area contributed by atoms with E-state index in [1.54, 1.807) is 0 Å². The third-order valence-electron chi connectivity index (χ3n) is 4.45. The van der Waals surface area contributed by atoms with Crippen molar-refractivity contribution in [1.82, 2.24) is 15.5 Å². The van der Waals surface area contributed by atoms with E-state index in [2.05, 4.69) is 15.5 Å². The highest BCUT2D eigenvalue weighted by Gasteiger charge is 2.37. The Hall–Kier alpha value is -1.43. The third kappa shape index (κ3) is 2.85. The summed E-state index contributed by atoms with van der Waals surface area (Å²) >= 11 is 0. The topological polar surface area (TPSA) is 67.0 Å². The van der Waals surface area contributed by atoms with E-state index in [0.717, 1.165) is 51.2 Å². The number of aromatic nitrogens is 2. The summed E-state index contributed by atoms with van der Waals surface area (Å²) < 4.78 is 18.8. The van der Waals surface area contributed by atoms with Crippen LogP contribution in [0.25, 0.3) is 0 Å². The number of rotatable bonds is 2. The molecule has 1 aromatic heterocycles. The standard InChI is InChI=1S/C14H20FN3O2/c15-12-9-11(17-18-12)13(19)16-10-3-6-14(7-4-10)5-1-2-8-20-14/h9-10H,1-8H2,(H,16,19)(H,17,18). The molecule has 2 aliphatic rings. The maximum absolute atomic E-state index is 12.8. The highest BCUT2D eigenvalue weighted by molar-refractivity contribution is 5.92. The van der Waals surface area contributed by atoms with Crippen molar-refractivity contribution >= 4 is 5.91 Å². The first-order valence-electron chi connectivity index (χ1n) is 7.33. The van der Waals surface area contributed by atoms with E-state index in [9.17, 15) is 9.18 Å². The number of carbonyl (C=O) groups is 1. The van der Waals surface area contributed by atoms with Crippen LogP contribution in [0.1, 0.15) is 55.4 Å². The molecule has 2 fully saturated rings. The number of ether oxygens (including phenoxy) is 1. The second-order valence-electron chi connectivity index (χ2n) is 5.84. The van der Waals surface area contributed by atoms with Crippen molar-refractivity contribution in [3.05, 3.63) is 17.7 Å². The predicted octanol–water partition coefficient (Wildman–Crippen LogP) is 2.16. The summed E-state index contributed by atoms with van der Waals surface area (Å²) in [6, 6.07) is 1.25. The van der Waals surface area contributed by atoms with Gasteiger partial charge in [-0.1, -0.05) is 0 Å². The van der Waals surface area contributed by atoms with Gasteiger partial charge in [0.1, 0.15) is 0 Å². The molecule has 1 saturated carbocycles. The Labute approximate surface area is 117 Å². The zero-order valence-electron chi connectivity index (χ0n) is 11.5. The van der Waals surface area contributed by atoms with Crippen LogP contribution in [0.3, 0.4) is 0 Å². The van der Waals surface area contributed by atoms with Crippen molar-refractivity contribution < 1.29 is 13.9 Å². The molecule has 110 valence electrons. The fourth-order valence-corrected chi connectivity index (χ4v) is 3.27. The van der Waals surface area contributed by atoms with E-state index in [0.29, 0.717) is 0 Å². The van der Waals surface area contributed by atoms with Gasteiger partial charge in [-0.25, -0.2) is 0 Å². The number of carbonyl (C=O) groups excluding carboxylic acids is 1. The lowest BCUT2D eigenvalue weighted by atomic mass is 9.78. The normalized spacial score (nSPS) is 30.4. The van der Waals surface area contributed by atoms with Gasteiger partial charge in [0.25, 0.3) is 5.91 Å². The van der Waals surface area contributed by atoms with Crippen molar-refractivity contribution in [3.8, 4) is 0 Å². The Balaban J connectivity index is 1.52. The fraction of sp³-hybridized carbons (Fsp3) is 0.714. The minimum atomic E-state index is -0.589. The lowest BCUT2D eigenvalue weighted by Gasteiger charge is -2.42. The maximum Gasteiger partial charge on any atom is 0.272 e. The highest BCUT2D eigenvalue weighted by Crippen LogP contribution is 2.38. The Kier molecular flexibility index (Phi) is 3.74. The molecular formula is C14H20FN3O2. The van der Waals surface area contributed by atoms with Crippen molar-refractivity contribution in [2.75, 3.05) is 6.61 Å². The number of H-pyrrole nitrogens is 1. The van der Waals surface area contributed by atoms with Crippen LogP contribution in [0.5, 0.6) is 0 Å². The molecular weight excluding hydrogens is 261 g/mol. The fourth-order valence-electron chi connectivity index (χ4n) is 3.27. The van der Waals surface area contributed by atoms with Crippen LogP contribution in [-0.2, 0) is 4.74 Å². The van der Waals surface area contributed by atoms with Crippen molar-refractivity contribution in [3.63, 3.8) is 0 Å². The van der Waals surface area contributed by atoms with Gasteiger partial charge in [0.2, 0.25) is 5.95 Å². The molecule has 0 atom stereocenters. The monoisotopic (exact) mass is 281 g/mol. The Morgan fingerprint density at radius 3 is 2.80 bits per heavy atom. The molecule has 0 bridgehead atoms. The second kappa shape index (κ2) is 5.52. The van der Waals surface area contributed by atoms with Gasteiger partial charge in [-0.3, -0.25) is 9.89 Å². The molecule has 2 heterocycles. The Bertz CT molecular complexity index is 473. The first-order valence-corrected chi connectivity index (χ1v) is 7.33. The first-order chi connectivity index (χ1) is 9.67. The smallest absolute Gasteiger partial charge is 0.272 e. The molecule has 1 saturated heterocycles. The van der Waals surface area contributed by atoms with Crippen molar-refractivity contribution in [2.24, 2.45) is 0 Å². The van der Waals surface area contributed by atoms with E-state index in [1.807, 2.05) is 0 Å². The molecule has 3 rings (SSSR count). The van der Waals surface area contributed by atoms with Crippen LogP contribution < -0.4 is 5.32 Å². The molecule has 1 spiro atoms. The summed E-state index contributed by atoms with van der Waals surface area (Å²) in [6.45, 7) is 0.865. The summed E-state index contributed by atoms with van der Waals surface area (Å²) in [7, 11) is 0. The minimum absolute atomic E-state index is 0.0535. The van der Waals surface area contributed by atoms with Crippen LogP contribution in [0.4, 0.5) is 4.39 Å². The van der Waals surface area contributed by atoms with Crippen molar-refractivity contribution in [2.45, 2.75) is 56.6 Å². The molecule has 1 amide bonds. The molecule has 2 N–H and O–H groups in total. The predicted molar refractivity (Wildman–Crippen MR) is 70.8 cm³/mol. The van der Waals surface area contributed by atoms with E-state index in [1.165, 1.54) is 6.42 Å². The Morgan fingerprint density at radius 2 is 2.20 bits per heavy atom. The van der Waals surface area contributed by atoms with Crippen LogP contribution in [0.2, 0.25) is 0 Å². The van der Waals surface area contributed by atoms with E-state index in [4.69, 9.17) is 4.74 Å². The van der Waals surface area contributed by atoms with Crippen molar-refractivity contribution in [1.29, 1.82) is 0 Å². The number of hydrogen-bond acceptors (Lipinski definition) is 3. The average Bonchev–Trinajstić information content (AvgIpc) is 2.89. The number of nitrogens with one attached hydrogen (secondary N) is 2. The van der Waals surface area contributed by atoms with Gasteiger partial charge in [-0.05, 0) is 44.9 Å². The van der Waals surface area contributed by atoms with Crippen LogP contribution in [0, 0.1) is 5.95 Å². The minimum Gasteiger partial charge on any atom is -0.375 e. The summed E-state index contributed by atoms with van der Waals surface area (Å²) in [6.07, 6.45) is 7.35. The zero-order valence-corrected chi connectivity index (χ0v) is 11.5. The van der Waals surface area contributed by atoms with Gasteiger partial charge in [-0.2, -0.15) is 9.49 Å². The first kappa shape index (κ1) is 13.5. The lowest BCUT2D eigenvalue weighted by molar-refractivity contribution is -0.103. The average molecular weight is 281 g/mol. The summed E-state index contributed by atoms with van der Waals surface area (Å²) in [5.41, 5.74) is 0.162. The third-order valence-corrected chi connectivity index (χ3v) is 4.45. The van der Waals surface area contributed by atoms with Crippen LogP contribution >= 0.6 is 0 Å². The van der Waals surface area contributed by atoms with Gasteiger partial charge in [0.05, 0.1) is 5.60 Å². The summed E-state index contributed by atoms with van der Waals surface area (Å²) in [5.74, 6) is -0.899. The molecule has 0 radical (unpaired) electrons. The largest absolute Gasteiger partial charge is 0.375 e. The number of aromatic amines is 1. The molecule has 1 aliphatic carbocycles. The highest BCUT2D eigenvalue weighted by atomic mass is 19.1. The van der Waals surface area contributed by atoms with Gasteiger partial charge < -0.3 is 10.1 Å². The maximum atomic E-state index is 12.8. The molecule has 6 heteroatoms. The van der Waals surface area contributed by atoms with E-state index >= 15 is 0 Å². The van der Waals surface area contributed by atoms with E-state index in [-0.39, 0.29) is 23.2 Å². The summed E-state index contributed by atoms with van der Waals surface area (Å²) in [4.78, 5) is 11.9. The number of hydrogen-bond donors (Lipinski definition) is 2. The number of nitrogens with zero attached hydrogens (tertiary/aromatic N) is 1. The molecule has 0 aromatic carbocycles. The molecule has 1 aromatic rings.